The van der Waals surface area contributed by atoms with E-state index in [1.807, 2.05) is 0 Å². The van der Waals surface area contributed by atoms with Gasteiger partial charge >= 0.3 is 23.1 Å². The van der Waals surface area contributed by atoms with Crippen LogP contribution in [-0.2, 0) is 4.74 Å². The molecule has 1 heterocycles. The van der Waals surface area contributed by atoms with Gasteiger partial charge in [-0.1, -0.05) is 0 Å². The smallest absolute Gasteiger partial charge is 0.316 e. The molecule has 0 atom stereocenters. The molecular weight excluding hydrogens is 102 g/mol. The molecule has 40 valence electrons. The zero-order chi connectivity index (χ0) is 4.24. The molecule has 7 heavy (non-hydrogen) atoms. The van der Waals surface area contributed by atoms with Crippen molar-refractivity contribution in [1.29, 1.82) is 0 Å². The van der Waals surface area contributed by atoms with Crippen LogP contribution < -0.4 is 5.32 Å². The highest BCUT2D eigenvalue weighted by Gasteiger charge is 1.92. The third kappa shape index (κ3) is 3.28. The van der Waals surface area contributed by atoms with E-state index in [4.69, 9.17) is 4.74 Å². The third-order valence-electron chi connectivity index (χ3n) is 0.846. The van der Waals surface area contributed by atoms with Crippen molar-refractivity contribution in [2.45, 2.75) is 0 Å². The second kappa shape index (κ2) is 4.84. The molecule has 0 unspecified atom stereocenters. The first-order valence-corrected chi connectivity index (χ1v) is 2.28. The Kier molecular flexibility index (Phi) is 5.31. The van der Waals surface area contributed by atoms with Crippen LogP contribution in [0.25, 0.3) is 0 Å². The molecule has 0 aliphatic carbocycles. The molecule has 0 aromatic carbocycles. The second-order valence-electron chi connectivity index (χ2n) is 1.36. The summed E-state index contributed by atoms with van der Waals surface area (Å²) in [6, 6.07) is 0. The largest absolute Gasteiger partial charge is 0.379 e. The highest BCUT2D eigenvalue weighted by molar-refractivity contribution is 5.75. The fourth-order valence-corrected chi connectivity index (χ4v) is 0.516. The summed E-state index contributed by atoms with van der Waals surface area (Å²) in [6.07, 6.45) is 0. The van der Waals surface area contributed by atoms with E-state index in [0.717, 1.165) is 26.3 Å². The van der Waals surface area contributed by atoms with E-state index in [-0.39, 0.29) is 23.1 Å². The van der Waals surface area contributed by atoms with E-state index in [1.165, 1.54) is 0 Å². The van der Waals surface area contributed by atoms with Crippen LogP contribution >= 0.6 is 0 Å². The molecule has 1 N–H and O–H groups in total. The highest BCUT2D eigenvalue weighted by Crippen LogP contribution is 1.76. The van der Waals surface area contributed by atoms with Gasteiger partial charge in [0.05, 0.1) is 13.2 Å². The standard InChI is InChI=1S/C4H9NO.Mg.2H/c1-3-6-4-2-5-1;;;/h5H,1-4H2;;;. The summed E-state index contributed by atoms with van der Waals surface area (Å²) in [4.78, 5) is 0. The normalized spacial score (nSPS) is 20.6. The van der Waals surface area contributed by atoms with Crippen molar-refractivity contribution in [3.63, 3.8) is 0 Å². The van der Waals surface area contributed by atoms with E-state index < -0.39 is 0 Å². The first-order valence-electron chi connectivity index (χ1n) is 2.28. The predicted octanol–water partition coefficient (Wildman–Crippen LogP) is -1.31. The Labute approximate surface area is 59.8 Å². The maximum absolute atomic E-state index is 5.01. The van der Waals surface area contributed by atoms with Gasteiger partial charge in [0.1, 0.15) is 0 Å². The first-order chi connectivity index (χ1) is 3.00. The molecule has 0 amide bonds. The van der Waals surface area contributed by atoms with Gasteiger partial charge in [0.2, 0.25) is 0 Å². The second-order valence-corrected chi connectivity index (χ2v) is 1.36. The lowest BCUT2D eigenvalue weighted by Crippen LogP contribution is -2.30. The van der Waals surface area contributed by atoms with Crippen LogP contribution in [-0.4, -0.2) is 49.4 Å². The Balaban J connectivity index is 0.000000360. The Hall–Kier alpha value is 0.686. The Morgan fingerprint density at radius 2 is 1.71 bits per heavy atom. The highest BCUT2D eigenvalue weighted by atomic mass is 24.3. The van der Waals surface area contributed by atoms with Crippen molar-refractivity contribution in [2.24, 2.45) is 0 Å². The Bertz CT molecular complexity index is 27.2. The monoisotopic (exact) mass is 113 g/mol. The summed E-state index contributed by atoms with van der Waals surface area (Å²) in [6.45, 7) is 3.83. The summed E-state index contributed by atoms with van der Waals surface area (Å²) in [5.41, 5.74) is 0. The molecule has 0 bridgehead atoms. The fraction of sp³-hybridized carbons (Fsp3) is 1.00. The van der Waals surface area contributed by atoms with Gasteiger partial charge in [-0.15, -0.1) is 0 Å². The molecule has 2 nitrogen and oxygen atoms in total. The molecule has 3 heteroatoms. The van der Waals surface area contributed by atoms with Gasteiger partial charge in [0, 0.05) is 13.1 Å². The number of hydrogen-bond acceptors (Lipinski definition) is 2. The molecule has 0 radical (unpaired) electrons. The lowest BCUT2D eigenvalue weighted by atomic mass is 10.5. The summed E-state index contributed by atoms with van der Waals surface area (Å²) in [7, 11) is 0. The molecule has 0 aromatic heterocycles. The molecule has 1 aliphatic heterocycles. The summed E-state index contributed by atoms with van der Waals surface area (Å²) in [5.74, 6) is 0. The summed E-state index contributed by atoms with van der Waals surface area (Å²) in [5, 5.41) is 3.16. The van der Waals surface area contributed by atoms with Crippen molar-refractivity contribution >= 4 is 23.1 Å². The first kappa shape index (κ1) is 7.69. The van der Waals surface area contributed by atoms with Crippen LogP contribution in [0.5, 0.6) is 0 Å². The van der Waals surface area contributed by atoms with Gasteiger partial charge in [-0.05, 0) is 0 Å². The van der Waals surface area contributed by atoms with E-state index in [0.29, 0.717) is 0 Å². The molecule has 1 saturated heterocycles. The number of rotatable bonds is 0. The zero-order valence-electron chi connectivity index (χ0n) is 3.74. The van der Waals surface area contributed by atoms with E-state index in [1.54, 1.807) is 0 Å². The van der Waals surface area contributed by atoms with Crippen LogP contribution in [0.4, 0.5) is 0 Å². The van der Waals surface area contributed by atoms with Crippen molar-refractivity contribution < 1.29 is 4.74 Å². The van der Waals surface area contributed by atoms with E-state index >= 15 is 0 Å². The van der Waals surface area contributed by atoms with Crippen LogP contribution in [0.1, 0.15) is 0 Å². The van der Waals surface area contributed by atoms with Crippen LogP contribution in [0.15, 0.2) is 0 Å². The topological polar surface area (TPSA) is 21.3 Å². The number of morpholine rings is 1. The quantitative estimate of drug-likeness (QED) is 0.394. The maximum Gasteiger partial charge on any atom is 0.316 e. The summed E-state index contributed by atoms with van der Waals surface area (Å²) >= 11 is 0. The maximum atomic E-state index is 5.01. The minimum atomic E-state index is 0. The average Bonchev–Trinajstić information content (AvgIpc) is 1.72. The van der Waals surface area contributed by atoms with Gasteiger partial charge < -0.3 is 10.1 Å². The van der Waals surface area contributed by atoms with Crippen LogP contribution in [0.2, 0.25) is 0 Å². The lowest BCUT2D eigenvalue weighted by Gasteiger charge is -2.10. The molecule has 1 fully saturated rings. The number of nitrogens with one attached hydrogen (secondary N) is 1. The molecule has 1 rings (SSSR count). The van der Waals surface area contributed by atoms with Crippen LogP contribution in [0.3, 0.4) is 0 Å². The van der Waals surface area contributed by atoms with Gasteiger partial charge in [-0.2, -0.15) is 0 Å². The number of hydrogen-bond donors (Lipinski definition) is 1. The van der Waals surface area contributed by atoms with Gasteiger partial charge in [0.25, 0.3) is 0 Å². The fourth-order valence-electron chi connectivity index (χ4n) is 0.516. The van der Waals surface area contributed by atoms with Crippen molar-refractivity contribution in [3.05, 3.63) is 0 Å². The molecule has 0 aromatic rings. The Morgan fingerprint density at radius 1 is 1.14 bits per heavy atom. The van der Waals surface area contributed by atoms with Crippen LogP contribution in [0, 0.1) is 0 Å². The van der Waals surface area contributed by atoms with E-state index in [9.17, 15) is 0 Å². The van der Waals surface area contributed by atoms with Gasteiger partial charge in [-0.25, -0.2) is 0 Å². The third-order valence-corrected chi connectivity index (χ3v) is 0.846. The average molecular weight is 113 g/mol. The lowest BCUT2D eigenvalue weighted by molar-refractivity contribution is 0.109. The zero-order valence-corrected chi connectivity index (χ0v) is 3.74. The van der Waals surface area contributed by atoms with Gasteiger partial charge in [0.15, 0.2) is 0 Å². The Morgan fingerprint density at radius 3 is 1.86 bits per heavy atom. The minimum absolute atomic E-state index is 0. The molecule has 0 spiro atoms. The van der Waals surface area contributed by atoms with Crippen molar-refractivity contribution in [3.8, 4) is 0 Å². The van der Waals surface area contributed by atoms with Crippen molar-refractivity contribution in [2.75, 3.05) is 26.3 Å². The SMILES string of the molecule is C1COCCN1.[MgH2]. The van der Waals surface area contributed by atoms with Gasteiger partial charge in [-0.3, -0.25) is 0 Å². The summed E-state index contributed by atoms with van der Waals surface area (Å²) < 4.78 is 5.01. The predicted molar refractivity (Wildman–Crippen MR) is 32.2 cm³/mol. The number of ether oxygens (including phenoxy) is 1. The van der Waals surface area contributed by atoms with E-state index in [2.05, 4.69) is 5.32 Å². The molecular formula is C4H11MgNO. The molecule has 0 saturated carbocycles. The van der Waals surface area contributed by atoms with Crippen molar-refractivity contribution in [1.82, 2.24) is 5.32 Å². The minimum Gasteiger partial charge on any atom is -0.379 e. The molecule has 1 aliphatic rings.